The highest BCUT2D eigenvalue weighted by molar-refractivity contribution is 7.89. The molecule has 0 aliphatic carbocycles. The molecule has 0 spiro atoms. The average molecular weight is 269 g/mol. The molecular formula is C13H19NO3S. The van der Waals surface area contributed by atoms with Gasteiger partial charge in [-0.1, -0.05) is 25.5 Å². The maximum atomic E-state index is 11.8. The van der Waals surface area contributed by atoms with Crippen molar-refractivity contribution in [2.45, 2.75) is 31.1 Å². The SMILES string of the molecule is CCCCC(=O)c1ccc(S(=O)(=O)N(C)C)cc1. The molecule has 0 saturated heterocycles. The molecule has 0 bridgehead atoms. The molecule has 0 aliphatic heterocycles. The minimum atomic E-state index is -3.41. The van der Waals surface area contributed by atoms with Crippen LogP contribution in [0.1, 0.15) is 36.5 Å². The Hall–Kier alpha value is -1.20. The van der Waals surface area contributed by atoms with Gasteiger partial charge in [0.1, 0.15) is 0 Å². The third-order valence-electron chi connectivity index (χ3n) is 2.71. The summed E-state index contributed by atoms with van der Waals surface area (Å²) in [7, 11) is -0.451. The first-order chi connectivity index (χ1) is 8.39. The lowest BCUT2D eigenvalue weighted by atomic mass is 10.1. The summed E-state index contributed by atoms with van der Waals surface area (Å²) in [5.74, 6) is 0.0608. The summed E-state index contributed by atoms with van der Waals surface area (Å²) in [6, 6.07) is 6.12. The minimum Gasteiger partial charge on any atom is -0.294 e. The van der Waals surface area contributed by atoms with Gasteiger partial charge in [0.25, 0.3) is 0 Å². The smallest absolute Gasteiger partial charge is 0.242 e. The Morgan fingerprint density at radius 2 is 1.72 bits per heavy atom. The van der Waals surface area contributed by atoms with Crippen LogP contribution >= 0.6 is 0 Å². The molecule has 0 unspecified atom stereocenters. The highest BCUT2D eigenvalue weighted by Crippen LogP contribution is 2.15. The highest BCUT2D eigenvalue weighted by Gasteiger charge is 2.17. The van der Waals surface area contributed by atoms with Gasteiger partial charge in [0, 0.05) is 26.1 Å². The van der Waals surface area contributed by atoms with Gasteiger partial charge in [-0.25, -0.2) is 12.7 Å². The van der Waals surface area contributed by atoms with Gasteiger partial charge < -0.3 is 0 Å². The Balaban J connectivity index is 2.90. The Morgan fingerprint density at radius 1 is 1.17 bits per heavy atom. The van der Waals surface area contributed by atoms with Crippen molar-refractivity contribution in [1.82, 2.24) is 4.31 Å². The van der Waals surface area contributed by atoms with E-state index >= 15 is 0 Å². The average Bonchev–Trinajstić information content (AvgIpc) is 2.35. The molecular weight excluding hydrogens is 250 g/mol. The summed E-state index contributed by atoms with van der Waals surface area (Å²) in [6.07, 6.45) is 2.34. The number of hydrogen-bond donors (Lipinski definition) is 0. The van der Waals surface area contributed by atoms with Crippen LogP contribution in [-0.2, 0) is 10.0 Å². The van der Waals surface area contributed by atoms with Crippen molar-refractivity contribution in [2.24, 2.45) is 0 Å². The van der Waals surface area contributed by atoms with Gasteiger partial charge in [-0.05, 0) is 18.6 Å². The predicted molar refractivity (Wildman–Crippen MR) is 71.2 cm³/mol. The summed E-state index contributed by atoms with van der Waals surface area (Å²) in [4.78, 5) is 11.9. The molecule has 0 amide bonds. The van der Waals surface area contributed by atoms with Gasteiger partial charge in [0.05, 0.1) is 4.90 Å². The number of rotatable bonds is 6. The quantitative estimate of drug-likeness (QED) is 0.745. The van der Waals surface area contributed by atoms with Gasteiger partial charge in [-0.3, -0.25) is 4.79 Å². The van der Waals surface area contributed by atoms with Gasteiger partial charge in [0.2, 0.25) is 10.0 Å². The number of Topliss-reactive ketones (excluding diaryl/α,β-unsaturated/α-hetero) is 1. The van der Waals surface area contributed by atoms with Crippen molar-refractivity contribution in [3.63, 3.8) is 0 Å². The van der Waals surface area contributed by atoms with Gasteiger partial charge in [-0.2, -0.15) is 0 Å². The summed E-state index contributed by atoms with van der Waals surface area (Å²) >= 11 is 0. The number of unbranched alkanes of at least 4 members (excludes halogenated alkanes) is 1. The zero-order valence-electron chi connectivity index (χ0n) is 11.0. The van der Waals surface area contributed by atoms with Crippen molar-refractivity contribution in [3.8, 4) is 0 Å². The molecule has 0 aromatic heterocycles. The lowest BCUT2D eigenvalue weighted by Crippen LogP contribution is -2.22. The number of benzene rings is 1. The van der Waals surface area contributed by atoms with Crippen LogP contribution < -0.4 is 0 Å². The summed E-state index contributed by atoms with van der Waals surface area (Å²) in [6.45, 7) is 2.03. The maximum absolute atomic E-state index is 11.8. The Morgan fingerprint density at radius 3 is 2.17 bits per heavy atom. The second-order valence-corrected chi connectivity index (χ2v) is 6.49. The Kier molecular flexibility index (Phi) is 5.04. The summed E-state index contributed by atoms with van der Waals surface area (Å²) < 4.78 is 24.8. The molecule has 0 aliphatic rings. The number of ketones is 1. The molecule has 18 heavy (non-hydrogen) atoms. The lowest BCUT2D eigenvalue weighted by molar-refractivity contribution is 0.0979. The second-order valence-electron chi connectivity index (χ2n) is 4.34. The number of sulfonamides is 1. The molecule has 0 saturated carbocycles. The van der Waals surface area contributed by atoms with Crippen molar-refractivity contribution < 1.29 is 13.2 Å². The van der Waals surface area contributed by atoms with Crippen molar-refractivity contribution in [1.29, 1.82) is 0 Å². The summed E-state index contributed by atoms with van der Waals surface area (Å²) in [5.41, 5.74) is 0.571. The zero-order chi connectivity index (χ0) is 13.8. The van der Waals surface area contributed by atoms with Crippen LogP contribution in [-0.4, -0.2) is 32.6 Å². The monoisotopic (exact) mass is 269 g/mol. The van der Waals surface area contributed by atoms with Crippen molar-refractivity contribution in [2.75, 3.05) is 14.1 Å². The van der Waals surface area contributed by atoms with E-state index in [1.165, 1.54) is 26.2 Å². The molecule has 4 nitrogen and oxygen atoms in total. The van der Waals surface area contributed by atoms with E-state index in [0.29, 0.717) is 12.0 Å². The van der Waals surface area contributed by atoms with E-state index in [2.05, 4.69) is 0 Å². The molecule has 0 heterocycles. The van der Waals surface area contributed by atoms with Crippen LogP contribution in [0, 0.1) is 0 Å². The first-order valence-corrected chi connectivity index (χ1v) is 7.39. The van der Waals surface area contributed by atoms with E-state index in [4.69, 9.17) is 0 Å². The number of carbonyl (C=O) groups is 1. The van der Waals surface area contributed by atoms with E-state index in [9.17, 15) is 13.2 Å². The number of carbonyl (C=O) groups excluding carboxylic acids is 1. The first-order valence-electron chi connectivity index (χ1n) is 5.95. The van der Waals surface area contributed by atoms with Crippen LogP contribution in [0.5, 0.6) is 0 Å². The molecule has 100 valence electrons. The topological polar surface area (TPSA) is 54.5 Å². The van der Waals surface area contributed by atoms with Gasteiger partial charge >= 0.3 is 0 Å². The van der Waals surface area contributed by atoms with Gasteiger partial charge in [-0.15, -0.1) is 0 Å². The number of hydrogen-bond acceptors (Lipinski definition) is 3. The normalized spacial score (nSPS) is 11.8. The van der Waals surface area contributed by atoms with E-state index in [0.717, 1.165) is 17.1 Å². The molecule has 1 aromatic carbocycles. The minimum absolute atomic E-state index is 0.0608. The van der Waals surface area contributed by atoms with Crippen LogP contribution in [0.25, 0.3) is 0 Å². The third kappa shape index (κ3) is 3.40. The molecule has 1 rings (SSSR count). The van der Waals surface area contributed by atoms with E-state index in [-0.39, 0.29) is 10.7 Å². The predicted octanol–water partition coefficient (Wildman–Crippen LogP) is 2.31. The first kappa shape index (κ1) is 14.9. The van der Waals surface area contributed by atoms with Crippen LogP contribution in [0.15, 0.2) is 29.2 Å². The highest BCUT2D eigenvalue weighted by atomic mass is 32.2. The van der Waals surface area contributed by atoms with Crippen molar-refractivity contribution in [3.05, 3.63) is 29.8 Å². The standard InChI is InChI=1S/C13H19NO3S/c1-4-5-6-13(15)11-7-9-12(10-8-11)18(16,17)14(2)3/h7-10H,4-6H2,1-3H3. The molecule has 5 heteroatoms. The lowest BCUT2D eigenvalue weighted by Gasteiger charge is -2.11. The molecule has 0 fully saturated rings. The molecule has 1 aromatic rings. The molecule has 0 radical (unpaired) electrons. The Labute approximate surface area is 109 Å². The Bertz CT molecular complexity index is 504. The summed E-state index contributed by atoms with van der Waals surface area (Å²) in [5, 5.41) is 0. The molecule has 0 atom stereocenters. The van der Waals surface area contributed by atoms with E-state index < -0.39 is 10.0 Å². The van der Waals surface area contributed by atoms with Gasteiger partial charge in [0.15, 0.2) is 5.78 Å². The zero-order valence-corrected chi connectivity index (χ0v) is 11.8. The second kappa shape index (κ2) is 6.11. The van der Waals surface area contributed by atoms with Crippen LogP contribution in [0.3, 0.4) is 0 Å². The maximum Gasteiger partial charge on any atom is 0.242 e. The van der Waals surface area contributed by atoms with E-state index in [1.807, 2.05) is 6.92 Å². The fourth-order valence-corrected chi connectivity index (χ4v) is 2.41. The van der Waals surface area contributed by atoms with Crippen LogP contribution in [0.2, 0.25) is 0 Å². The largest absolute Gasteiger partial charge is 0.294 e. The number of nitrogens with zero attached hydrogens (tertiary/aromatic N) is 1. The molecule has 0 N–H and O–H groups in total. The third-order valence-corrected chi connectivity index (χ3v) is 4.54. The van der Waals surface area contributed by atoms with E-state index in [1.54, 1.807) is 12.1 Å². The van der Waals surface area contributed by atoms with Crippen LogP contribution in [0.4, 0.5) is 0 Å². The van der Waals surface area contributed by atoms with Crippen molar-refractivity contribution >= 4 is 15.8 Å². The fourth-order valence-electron chi connectivity index (χ4n) is 1.51. The fraction of sp³-hybridized carbons (Fsp3) is 0.462.